The van der Waals surface area contributed by atoms with Gasteiger partial charge in [-0.1, -0.05) is 60.3 Å². The summed E-state index contributed by atoms with van der Waals surface area (Å²) < 4.78 is 7.26. The number of carboxylic acid groups (broad SMARTS) is 1. The summed E-state index contributed by atoms with van der Waals surface area (Å²) in [5.41, 5.74) is 1.09. The fourth-order valence-electron chi connectivity index (χ4n) is 3.82. The van der Waals surface area contributed by atoms with E-state index < -0.39 is 5.97 Å². The Balaban J connectivity index is 0.00000241. The standard InChI is InChI=1S/C23H11Cl4I3O5.2Na.2H/c1-5(2)6-3-7-10(11-12(23(33)34)14(25)16(27)15(26)13(11)24)8-4-9(28)20(32)18(30)22(8)35-21(7)17(29)19(6)31;;;;/h3-5,31H,1-2H3,(H,33,34);;;;. The van der Waals surface area contributed by atoms with Crippen LogP contribution >= 0.6 is 114 Å². The van der Waals surface area contributed by atoms with Crippen LogP contribution < -0.4 is 5.43 Å². The van der Waals surface area contributed by atoms with Gasteiger partial charge in [0.15, 0.2) is 11.3 Å². The molecule has 1 aliphatic carbocycles. The number of halogens is 7. The first kappa shape index (κ1) is 34.9. The minimum atomic E-state index is -1.37. The van der Waals surface area contributed by atoms with E-state index in [0.717, 1.165) is 0 Å². The summed E-state index contributed by atoms with van der Waals surface area (Å²) in [6, 6.07) is 3.32. The predicted molar refractivity (Wildman–Crippen MR) is 180 cm³/mol. The number of phenols is 1. The fourth-order valence-corrected chi connectivity index (χ4v) is 7.35. The van der Waals surface area contributed by atoms with Crippen molar-refractivity contribution in [3.8, 4) is 28.2 Å². The second-order valence-corrected chi connectivity index (χ2v) is 12.7. The Bertz CT molecular complexity index is 1630. The molecule has 0 bridgehead atoms. The van der Waals surface area contributed by atoms with Crippen LogP contribution in [0.1, 0.15) is 35.7 Å². The molecule has 14 heteroatoms. The van der Waals surface area contributed by atoms with Crippen LogP contribution in [0.4, 0.5) is 0 Å². The van der Waals surface area contributed by atoms with Crippen LogP contribution in [0.15, 0.2) is 21.3 Å². The van der Waals surface area contributed by atoms with E-state index in [1.165, 1.54) is 0 Å². The minimum absolute atomic E-state index is 0. The van der Waals surface area contributed by atoms with Crippen LogP contribution in [0.2, 0.25) is 20.1 Å². The molecule has 0 spiro atoms. The van der Waals surface area contributed by atoms with Crippen LogP contribution in [0.5, 0.6) is 5.75 Å². The Hall–Kier alpha value is 1.75. The van der Waals surface area contributed by atoms with Crippen LogP contribution in [-0.4, -0.2) is 75.3 Å². The molecule has 0 atom stereocenters. The first-order valence-corrected chi connectivity index (χ1v) is 14.4. The van der Waals surface area contributed by atoms with Gasteiger partial charge in [0, 0.05) is 22.1 Å². The van der Waals surface area contributed by atoms with Gasteiger partial charge in [-0.05, 0) is 91.4 Å². The van der Waals surface area contributed by atoms with Gasteiger partial charge in [-0.3, -0.25) is 4.79 Å². The molecule has 2 aliphatic rings. The van der Waals surface area contributed by atoms with Crippen molar-refractivity contribution in [2.75, 3.05) is 0 Å². The van der Waals surface area contributed by atoms with Crippen LogP contribution in [0.25, 0.3) is 33.4 Å². The van der Waals surface area contributed by atoms with Gasteiger partial charge in [0.05, 0.1) is 32.8 Å². The zero-order chi connectivity index (χ0) is 26.1. The van der Waals surface area contributed by atoms with Crippen molar-refractivity contribution < 1.29 is 19.4 Å². The van der Waals surface area contributed by atoms with E-state index in [1.54, 1.807) is 12.1 Å². The molecule has 0 saturated heterocycles. The van der Waals surface area contributed by atoms with Crippen molar-refractivity contribution in [2.24, 2.45) is 0 Å². The van der Waals surface area contributed by atoms with Gasteiger partial charge >= 0.3 is 65.1 Å². The summed E-state index contributed by atoms with van der Waals surface area (Å²) in [5.74, 6) is -1.20. The molecule has 2 aromatic rings. The van der Waals surface area contributed by atoms with E-state index in [4.69, 9.17) is 50.8 Å². The average molecular weight is 938 g/mol. The van der Waals surface area contributed by atoms with E-state index in [0.29, 0.717) is 29.2 Å². The van der Waals surface area contributed by atoms with Gasteiger partial charge in [0.2, 0.25) is 5.43 Å². The number of carboxylic acids is 1. The van der Waals surface area contributed by atoms with Crippen LogP contribution in [-0.2, 0) is 0 Å². The third-order valence-electron chi connectivity index (χ3n) is 5.45. The molecular formula is C23H13Cl4I3Na2O5. The van der Waals surface area contributed by atoms with Crippen LogP contribution in [0, 0.1) is 10.7 Å². The van der Waals surface area contributed by atoms with E-state index in [9.17, 15) is 19.8 Å². The Kier molecular flexibility index (Phi) is 12.6. The second kappa shape index (κ2) is 13.4. The quantitative estimate of drug-likeness (QED) is 0.0712. The Morgan fingerprint density at radius 3 is 2.03 bits per heavy atom. The van der Waals surface area contributed by atoms with Crippen molar-refractivity contribution >= 4 is 190 Å². The average Bonchev–Trinajstić information content (AvgIpc) is 2.79. The van der Waals surface area contributed by atoms with Crippen LogP contribution in [0.3, 0.4) is 0 Å². The number of carbonyl (C=O) groups is 1. The molecule has 0 fully saturated rings. The summed E-state index contributed by atoms with van der Waals surface area (Å²) in [6.45, 7) is 3.83. The maximum atomic E-state index is 12.8. The number of aromatic carboxylic acids is 1. The van der Waals surface area contributed by atoms with Gasteiger partial charge in [0.25, 0.3) is 0 Å². The zero-order valence-electron chi connectivity index (χ0n) is 17.5. The molecule has 186 valence electrons. The summed E-state index contributed by atoms with van der Waals surface area (Å²) in [5, 5.41) is 20.8. The molecule has 1 aliphatic heterocycles. The molecule has 4 rings (SSSR count). The molecule has 2 aromatic carbocycles. The van der Waals surface area contributed by atoms with Crippen molar-refractivity contribution in [1.29, 1.82) is 0 Å². The number of phenolic OH excluding ortho intramolecular Hbond substituents is 1. The number of benzene rings is 3. The number of rotatable bonds is 3. The molecule has 1 heterocycles. The topological polar surface area (TPSA) is 87.7 Å². The number of hydrogen-bond donors (Lipinski definition) is 2. The fraction of sp³-hybridized carbons (Fsp3) is 0.130. The first-order valence-electron chi connectivity index (χ1n) is 9.68. The monoisotopic (exact) mass is 936 g/mol. The van der Waals surface area contributed by atoms with Crippen molar-refractivity contribution in [1.82, 2.24) is 0 Å². The zero-order valence-corrected chi connectivity index (χ0v) is 27.0. The molecule has 0 amide bonds. The molecule has 37 heavy (non-hydrogen) atoms. The Labute approximate surface area is 316 Å². The molecule has 2 N–H and O–H groups in total. The van der Waals surface area contributed by atoms with Crippen molar-refractivity contribution in [2.45, 2.75) is 19.8 Å². The summed E-state index contributed by atoms with van der Waals surface area (Å²) in [7, 11) is 0. The van der Waals surface area contributed by atoms with Gasteiger partial charge in [-0.15, -0.1) is 0 Å². The van der Waals surface area contributed by atoms with E-state index in [1.807, 2.05) is 81.6 Å². The van der Waals surface area contributed by atoms with Crippen molar-refractivity contribution in [3.05, 3.63) is 64.3 Å². The van der Waals surface area contributed by atoms with E-state index in [-0.39, 0.29) is 122 Å². The van der Waals surface area contributed by atoms with Gasteiger partial charge in [-0.2, -0.15) is 0 Å². The molecule has 0 unspecified atom stereocenters. The van der Waals surface area contributed by atoms with E-state index in [2.05, 4.69) is 0 Å². The summed E-state index contributed by atoms with van der Waals surface area (Å²) >= 11 is 31.4. The van der Waals surface area contributed by atoms with Gasteiger partial charge in [-0.25, -0.2) is 4.79 Å². The third kappa shape index (κ3) is 5.99. The van der Waals surface area contributed by atoms with Gasteiger partial charge < -0.3 is 14.6 Å². The molecule has 0 saturated carbocycles. The Morgan fingerprint density at radius 2 is 1.49 bits per heavy atom. The van der Waals surface area contributed by atoms with Gasteiger partial charge in [0.1, 0.15) is 9.32 Å². The molecule has 0 aromatic heterocycles. The number of hydrogen-bond acceptors (Lipinski definition) is 4. The maximum absolute atomic E-state index is 12.8. The van der Waals surface area contributed by atoms with E-state index >= 15 is 0 Å². The predicted octanol–water partition coefficient (Wildman–Crippen LogP) is 8.22. The second-order valence-electron chi connectivity index (χ2n) is 7.83. The first-order chi connectivity index (χ1) is 16.3. The number of fused-ring (bicyclic) bond motifs is 2. The molecular weight excluding hydrogens is 925 g/mol. The molecule has 5 nitrogen and oxygen atoms in total. The summed E-state index contributed by atoms with van der Waals surface area (Å²) in [6.07, 6.45) is 0. The third-order valence-corrected chi connectivity index (χ3v) is 10.0. The Morgan fingerprint density at radius 1 is 0.919 bits per heavy atom. The normalized spacial score (nSPS) is 11.1. The molecule has 0 radical (unpaired) electrons. The SMILES string of the molecule is CC(C)c1cc2c(-c3c(Cl)c(Cl)c(Cl)c(Cl)c3C(=O)O)c3cc(I)c(=O)c(I)c-3oc2c(I)c1O.[NaH].[NaH]. The number of aromatic hydroxyl groups is 1. The summed E-state index contributed by atoms with van der Waals surface area (Å²) in [4.78, 5) is 25.2. The van der Waals surface area contributed by atoms with Crippen molar-refractivity contribution in [3.63, 3.8) is 0 Å².